The second-order valence-electron chi connectivity index (χ2n) is 6.46. The van der Waals surface area contributed by atoms with Crippen LogP contribution in [0.1, 0.15) is 51.4 Å². The van der Waals surface area contributed by atoms with E-state index in [0.29, 0.717) is 18.4 Å². The van der Waals surface area contributed by atoms with Gasteiger partial charge >= 0.3 is 0 Å². The van der Waals surface area contributed by atoms with Gasteiger partial charge in [0.05, 0.1) is 0 Å². The second-order valence-corrected chi connectivity index (χ2v) is 6.46. The van der Waals surface area contributed by atoms with Crippen molar-refractivity contribution in [2.75, 3.05) is 20.1 Å². The second kappa shape index (κ2) is 5.66. The summed E-state index contributed by atoms with van der Waals surface area (Å²) in [5, 5.41) is 0. The molecule has 0 aromatic carbocycles. The summed E-state index contributed by atoms with van der Waals surface area (Å²) in [5.74, 6) is 0.370. The molecule has 0 aromatic heterocycles. The minimum absolute atomic E-state index is 0.370. The molecule has 2 heterocycles. The number of likely N-dealkylation sites (tertiary alicyclic amines) is 1. The summed E-state index contributed by atoms with van der Waals surface area (Å²) in [6, 6.07) is 1.33. The lowest BCUT2D eigenvalue weighted by Gasteiger charge is -2.26. The third-order valence-electron chi connectivity index (χ3n) is 5.26. The number of likely N-dealkylation sites (N-methyl/N-ethyl adjacent to an activating group) is 1. The van der Waals surface area contributed by atoms with Gasteiger partial charge in [-0.3, -0.25) is 9.69 Å². The molecular formula is C16H26N2O. The van der Waals surface area contributed by atoms with E-state index in [0.717, 1.165) is 32.0 Å². The van der Waals surface area contributed by atoms with E-state index in [9.17, 15) is 4.79 Å². The van der Waals surface area contributed by atoms with Gasteiger partial charge in [0.1, 0.15) is 0 Å². The molecular weight excluding hydrogens is 236 g/mol. The largest absolute Gasteiger partial charge is 0.341 e. The summed E-state index contributed by atoms with van der Waals surface area (Å²) in [6.45, 7) is 1.93. The molecule has 3 rings (SSSR count). The van der Waals surface area contributed by atoms with Crippen LogP contribution in [0.4, 0.5) is 0 Å². The molecule has 19 heavy (non-hydrogen) atoms. The molecule has 2 atom stereocenters. The van der Waals surface area contributed by atoms with Crippen LogP contribution in [0.25, 0.3) is 0 Å². The Bertz CT molecular complexity index is 377. The predicted octanol–water partition coefficient (Wildman–Crippen LogP) is 2.57. The molecule has 1 aliphatic carbocycles. The van der Waals surface area contributed by atoms with E-state index in [1.54, 1.807) is 0 Å². The number of carbonyl (C=O) groups excluding carboxylic acids is 1. The lowest BCUT2D eigenvalue weighted by Crippen LogP contribution is -2.39. The highest BCUT2D eigenvalue weighted by atomic mass is 16.2. The highest BCUT2D eigenvalue weighted by Crippen LogP contribution is 2.29. The van der Waals surface area contributed by atoms with Crippen LogP contribution >= 0.6 is 0 Å². The molecule has 0 spiro atoms. The standard InChI is InChI=1S/C16H26N2O/c1-17-14-7-8-15(17)12-18(10-9-14)16(19)11-13-5-3-2-4-6-13/h5,14-15H,2-4,6-12H2,1H3. The van der Waals surface area contributed by atoms with Gasteiger partial charge in [-0.25, -0.2) is 0 Å². The molecule has 0 aromatic rings. The average Bonchev–Trinajstić information content (AvgIpc) is 2.64. The van der Waals surface area contributed by atoms with Crippen molar-refractivity contribution in [2.45, 2.75) is 63.5 Å². The Labute approximate surface area is 116 Å². The van der Waals surface area contributed by atoms with E-state index in [1.807, 2.05) is 0 Å². The fraction of sp³-hybridized carbons (Fsp3) is 0.812. The van der Waals surface area contributed by atoms with Crippen LogP contribution in [-0.2, 0) is 4.79 Å². The summed E-state index contributed by atoms with van der Waals surface area (Å²) < 4.78 is 0. The zero-order chi connectivity index (χ0) is 13.2. The Morgan fingerprint density at radius 3 is 2.89 bits per heavy atom. The molecule has 2 saturated heterocycles. The van der Waals surface area contributed by atoms with Gasteiger partial charge < -0.3 is 4.90 Å². The SMILES string of the molecule is CN1C2CCC1CN(C(=O)CC1=CCCCC1)CC2. The Morgan fingerprint density at radius 1 is 1.26 bits per heavy atom. The number of hydrogen-bond donors (Lipinski definition) is 0. The zero-order valence-corrected chi connectivity index (χ0v) is 12.1. The number of allylic oxidation sites excluding steroid dienone is 1. The molecule has 2 unspecified atom stereocenters. The summed E-state index contributed by atoms with van der Waals surface area (Å²) in [7, 11) is 2.24. The van der Waals surface area contributed by atoms with E-state index in [-0.39, 0.29) is 0 Å². The molecule has 0 N–H and O–H groups in total. The Hall–Kier alpha value is -0.830. The smallest absolute Gasteiger partial charge is 0.226 e. The maximum Gasteiger partial charge on any atom is 0.226 e. The van der Waals surface area contributed by atoms with E-state index in [2.05, 4.69) is 22.9 Å². The number of carbonyl (C=O) groups is 1. The van der Waals surface area contributed by atoms with Crippen molar-refractivity contribution < 1.29 is 4.79 Å². The first-order valence-electron chi connectivity index (χ1n) is 7.91. The molecule has 2 bridgehead atoms. The maximum absolute atomic E-state index is 12.5. The van der Waals surface area contributed by atoms with Crippen molar-refractivity contribution in [1.82, 2.24) is 9.80 Å². The number of hydrogen-bond acceptors (Lipinski definition) is 2. The minimum Gasteiger partial charge on any atom is -0.341 e. The van der Waals surface area contributed by atoms with Gasteiger partial charge in [-0.15, -0.1) is 0 Å². The molecule has 3 nitrogen and oxygen atoms in total. The number of nitrogens with zero attached hydrogens (tertiary/aromatic N) is 2. The van der Waals surface area contributed by atoms with Crippen LogP contribution in [0.2, 0.25) is 0 Å². The van der Waals surface area contributed by atoms with Crippen LogP contribution in [0.5, 0.6) is 0 Å². The summed E-state index contributed by atoms with van der Waals surface area (Å²) in [5.41, 5.74) is 1.39. The van der Waals surface area contributed by atoms with Crippen LogP contribution in [-0.4, -0.2) is 47.9 Å². The van der Waals surface area contributed by atoms with Crippen molar-refractivity contribution in [3.05, 3.63) is 11.6 Å². The third-order valence-corrected chi connectivity index (χ3v) is 5.26. The molecule has 0 saturated carbocycles. The van der Waals surface area contributed by atoms with Crippen molar-refractivity contribution in [3.63, 3.8) is 0 Å². The predicted molar refractivity (Wildman–Crippen MR) is 76.9 cm³/mol. The van der Waals surface area contributed by atoms with Gasteiger partial charge in [-0.1, -0.05) is 11.6 Å². The molecule has 0 radical (unpaired) electrons. The van der Waals surface area contributed by atoms with E-state index in [4.69, 9.17) is 0 Å². The Balaban J connectivity index is 1.59. The van der Waals surface area contributed by atoms with Crippen LogP contribution in [0, 0.1) is 0 Å². The lowest BCUT2D eigenvalue weighted by molar-refractivity contribution is -0.130. The van der Waals surface area contributed by atoms with Crippen molar-refractivity contribution in [2.24, 2.45) is 0 Å². The first-order valence-corrected chi connectivity index (χ1v) is 7.91. The number of fused-ring (bicyclic) bond motifs is 2. The Kier molecular flexibility index (Phi) is 3.92. The molecule has 1 amide bonds. The fourth-order valence-corrected chi connectivity index (χ4v) is 3.91. The van der Waals surface area contributed by atoms with Crippen LogP contribution in [0.3, 0.4) is 0 Å². The van der Waals surface area contributed by atoms with Gasteiger partial charge in [0, 0.05) is 31.6 Å². The topological polar surface area (TPSA) is 23.6 Å². The van der Waals surface area contributed by atoms with Gasteiger partial charge in [0.15, 0.2) is 0 Å². The number of amides is 1. The first kappa shape index (κ1) is 13.2. The lowest BCUT2D eigenvalue weighted by atomic mass is 9.96. The average molecular weight is 262 g/mol. The van der Waals surface area contributed by atoms with Crippen molar-refractivity contribution in [1.29, 1.82) is 0 Å². The zero-order valence-electron chi connectivity index (χ0n) is 12.1. The van der Waals surface area contributed by atoms with E-state index >= 15 is 0 Å². The maximum atomic E-state index is 12.5. The molecule has 3 heteroatoms. The third kappa shape index (κ3) is 2.86. The minimum atomic E-state index is 0.370. The van der Waals surface area contributed by atoms with E-state index < -0.39 is 0 Å². The molecule has 2 fully saturated rings. The molecule has 106 valence electrons. The van der Waals surface area contributed by atoms with Crippen LogP contribution in [0.15, 0.2) is 11.6 Å². The quantitative estimate of drug-likeness (QED) is 0.714. The first-order chi connectivity index (χ1) is 9.24. The monoisotopic (exact) mass is 262 g/mol. The highest BCUT2D eigenvalue weighted by molar-refractivity contribution is 5.78. The fourth-order valence-electron chi connectivity index (χ4n) is 3.91. The summed E-state index contributed by atoms with van der Waals surface area (Å²) >= 11 is 0. The van der Waals surface area contributed by atoms with Gasteiger partial charge in [-0.2, -0.15) is 0 Å². The van der Waals surface area contributed by atoms with Crippen molar-refractivity contribution >= 4 is 5.91 Å². The van der Waals surface area contributed by atoms with Crippen molar-refractivity contribution in [3.8, 4) is 0 Å². The van der Waals surface area contributed by atoms with Gasteiger partial charge in [0.2, 0.25) is 5.91 Å². The summed E-state index contributed by atoms with van der Waals surface area (Å²) in [4.78, 5) is 17.1. The molecule has 2 aliphatic heterocycles. The van der Waals surface area contributed by atoms with Gasteiger partial charge in [-0.05, 0) is 52.0 Å². The van der Waals surface area contributed by atoms with Gasteiger partial charge in [0.25, 0.3) is 0 Å². The van der Waals surface area contributed by atoms with Crippen LogP contribution < -0.4 is 0 Å². The number of rotatable bonds is 2. The van der Waals surface area contributed by atoms with E-state index in [1.165, 1.54) is 37.7 Å². The molecule has 3 aliphatic rings. The summed E-state index contributed by atoms with van der Waals surface area (Å²) in [6.07, 6.45) is 11.6. The Morgan fingerprint density at radius 2 is 2.11 bits per heavy atom. The highest BCUT2D eigenvalue weighted by Gasteiger charge is 2.35. The normalized spacial score (nSPS) is 32.1.